The number of aryl methyl sites for hydroxylation is 1. The van der Waals surface area contributed by atoms with Gasteiger partial charge in [-0.15, -0.1) is 0 Å². The number of likely N-dealkylation sites (tertiary alicyclic amines) is 1. The molecule has 0 amide bonds. The van der Waals surface area contributed by atoms with Crippen LogP contribution in [0.5, 0.6) is 0 Å². The van der Waals surface area contributed by atoms with Crippen molar-refractivity contribution >= 4 is 0 Å². The van der Waals surface area contributed by atoms with Crippen molar-refractivity contribution in [3.63, 3.8) is 0 Å². The van der Waals surface area contributed by atoms with Crippen molar-refractivity contribution in [2.75, 3.05) is 13.1 Å². The van der Waals surface area contributed by atoms with Crippen molar-refractivity contribution in [2.45, 2.75) is 58.9 Å². The summed E-state index contributed by atoms with van der Waals surface area (Å²) in [4.78, 5) is 11.4. The number of nitrogens with zero attached hydrogens (tertiary/aromatic N) is 5. The van der Waals surface area contributed by atoms with Gasteiger partial charge < -0.3 is 4.52 Å². The van der Waals surface area contributed by atoms with E-state index in [9.17, 15) is 0 Å². The molecule has 126 valence electrons. The van der Waals surface area contributed by atoms with Crippen molar-refractivity contribution < 1.29 is 4.52 Å². The quantitative estimate of drug-likeness (QED) is 0.931. The van der Waals surface area contributed by atoms with Gasteiger partial charge in [0.1, 0.15) is 5.82 Å². The third-order valence-corrected chi connectivity index (χ3v) is 4.21. The first kappa shape index (κ1) is 16.1. The van der Waals surface area contributed by atoms with Crippen molar-refractivity contribution in [3.8, 4) is 0 Å². The second kappa shape index (κ2) is 6.39. The lowest BCUT2D eigenvalue weighted by molar-refractivity contribution is 0.157. The summed E-state index contributed by atoms with van der Waals surface area (Å²) in [6, 6.07) is 0. The maximum atomic E-state index is 5.25. The molecule has 1 unspecified atom stereocenters. The van der Waals surface area contributed by atoms with Gasteiger partial charge in [-0.3, -0.25) is 10.00 Å². The fourth-order valence-corrected chi connectivity index (χ4v) is 3.04. The molecule has 0 bridgehead atoms. The molecule has 3 heterocycles. The Morgan fingerprint density at radius 3 is 2.78 bits per heavy atom. The van der Waals surface area contributed by atoms with Crippen LogP contribution < -0.4 is 0 Å². The van der Waals surface area contributed by atoms with Gasteiger partial charge in [-0.25, -0.2) is 4.98 Å². The van der Waals surface area contributed by atoms with Crippen molar-refractivity contribution in [2.24, 2.45) is 5.92 Å². The summed E-state index contributed by atoms with van der Waals surface area (Å²) in [6.45, 7) is 11.2. The molecular weight excluding hydrogens is 292 g/mol. The minimum atomic E-state index is -0.0188. The SMILES string of the molecule is Cc1noc(CC2CCCN(Cc3nc(C(C)(C)C)n[nH]3)C2)n1. The zero-order chi connectivity index (χ0) is 16.4. The van der Waals surface area contributed by atoms with Gasteiger partial charge in [-0.05, 0) is 32.2 Å². The molecule has 7 heteroatoms. The summed E-state index contributed by atoms with van der Waals surface area (Å²) in [5.41, 5.74) is -0.0188. The van der Waals surface area contributed by atoms with Gasteiger partial charge in [0.2, 0.25) is 5.89 Å². The summed E-state index contributed by atoms with van der Waals surface area (Å²) >= 11 is 0. The Kier molecular flexibility index (Phi) is 4.48. The second-order valence-electron chi connectivity index (χ2n) is 7.54. The Balaban J connectivity index is 1.57. The van der Waals surface area contributed by atoms with E-state index in [1.54, 1.807) is 0 Å². The molecule has 1 aliphatic heterocycles. The van der Waals surface area contributed by atoms with E-state index in [0.29, 0.717) is 11.7 Å². The van der Waals surface area contributed by atoms with Crippen LogP contribution in [0.15, 0.2) is 4.52 Å². The average molecular weight is 318 g/mol. The molecule has 0 aliphatic carbocycles. The maximum Gasteiger partial charge on any atom is 0.226 e. The van der Waals surface area contributed by atoms with E-state index >= 15 is 0 Å². The number of aromatic nitrogens is 5. The molecule has 0 saturated carbocycles. The van der Waals surface area contributed by atoms with E-state index in [-0.39, 0.29) is 5.41 Å². The van der Waals surface area contributed by atoms with Crippen LogP contribution in [-0.4, -0.2) is 43.3 Å². The molecule has 7 nitrogen and oxygen atoms in total. The standard InChI is InChI=1S/C16H26N6O/c1-11-17-14(23-21-11)8-12-6-5-7-22(9-12)10-13-18-15(20-19-13)16(2,3)4/h12H,5-10H2,1-4H3,(H,18,19,20). The Bertz CT molecular complexity index is 641. The molecule has 2 aromatic heterocycles. The monoisotopic (exact) mass is 318 g/mol. The van der Waals surface area contributed by atoms with Crippen LogP contribution in [-0.2, 0) is 18.4 Å². The Labute approximate surface area is 136 Å². The predicted octanol–water partition coefficient (Wildman–Crippen LogP) is 2.25. The highest BCUT2D eigenvalue weighted by atomic mass is 16.5. The van der Waals surface area contributed by atoms with Gasteiger partial charge in [0.15, 0.2) is 11.6 Å². The van der Waals surface area contributed by atoms with Gasteiger partial charge in [0.05, 0.1) is 6.54 Å². The minimum Gasteiger partial charge on any atom is -0.339 e. The van der Waals surface area contributed by atoms with Crippen LogP contribution in [0.3, 0.4) is 0 Å². The number of nitrogens with one attached hydrogen (secondary N) is 1. The molecule has 3 rings (SSSR count). The van der Waals surface area contributed by atoms with Crippen LogP contribution in [0.1, 0.15) is 57.0 Å². The normalized spacial score (nSPS) is 20.1. The smallest absolute Gasteiger partial charge is 0.226 e. The Morgan fingerprint density at radius 2 is 2.13 bits per heavy atom. The number of hydrogen-bond acceptors (Lipinski definition) is 6. The van der Waals surface area contributed by atoms with Crippen molar-refractivity contribution in [1.82, 2.24) is 30.2 Å². The van der Waals surface area contributed by atoms with Gasteiger partial charge in [-0.2, -0.15) is 10.1 Å². The molecule has 1 fully saturated rings. The van der Waals surface area contributed by atoms with Crippen LogP contribution in [0.4, 0.5) is 0 Å². The largest absolute Gasteiger partial charge is 0.339 e. The van der Waals surface area contributed by atoms with Crippen LogP contribution in [0, 0.1) is 12.8 Å². The third-order valence-electron chi connectivity index (χ3n) is 4.21. The van der Waals surface area contributed by atoms with E-state index in [0.717, 1.165) is 43.6 Å². The van der Waals surface area contributed by atoms with Gasteiger partial charge in [0, 0.05) is 18.4 Å². The molecular formula is C16H26N6O. The Hall–Kier alpha value is -1.76. The van der Waals surface area contributed by atoms with Crippen molar-refractivity contribution in [1.29, 1.82) is 0 Å². The van der Waals surface area contributed by atoms with Crippen molar-refractivity contribution in [3.05, 3.63) is 23.4 Å². The predicted molar refractivity (Wildman–Crippen MR) is 85.8 cm³/mol. The number of aromatic amines is 1. The lowest BCUT2D eigenvalue weighted by Crippen LogP contribution is -2.36. The zero-order valence-corrected chi connectivity index (χ0v) is 14.5. The molecule has 1 atom stereocenters. The summed E-state index contributed by atoms with van der Waals surface area (Å²) in [7, 11) is 0. The van der Waals surface area contributed by atoms with E-state index in [1.165, 1.54) is 12.8 Å². The highest BCUT2D eigenvalue weighted by Crippen LogP contribution is 2.22. The zero-order valence-electron chi connectivity index (χ0n) is 14.5. The number of piperidine rings is 1. The Morgan fingerprint density at radius 1 is 1.30 bits per heavy atom. The molecule has 0 spiro atoms. The summed E-state index contributed by atoms with van der Waals surface area (Å²) < 4.78 is 5.25. The van der Waals surface area contributed by atoms with Crippen LogP contribution in [0.25, 0.3) is 0 Å². The second-order valence-corrected chi connectivity index (χ2v) is 7.54. The maximum absolute atomic E-state index is 5.25. The van der Waals surface area contributed by atoms with Gasteiger partial charge >= 0.3 is 0 Å². The molecule has 2 aromatic rings. The third kappa shape index (κ3) is 4.16. The summed E-state index contributed by atoms with van der Waals surface area (Å²) in [6.07, 6.45) is 3.26. The molecule has 0 aromatic carbocycles. The first-order chi connectivity index (χ1) is 10.9. The number of H-pyrrole nitrogens is 1. The average Bonchev–Trinajstić information content (AvgIpc) is 3.08. The first-order valence-corrected chi connectivity index (χ1v) is 8.33. The topological polar surface area (TPSA) is 83.7 Å². The molecule has 1 aliphatic rings. The van der Waals surface area contributed by atoms with E-state index in [4.69, 9.17) is 4.52 Å². The highest BCUT2D eigenvalue weighted by Gasteiger charge is 2.24. The van der Waals surface area contributed by atoms with Crippen LogP contribution >= 0.6 is 0 Å². The lowest BCUT2D eigenvalue weighted by Gasteiger charge is -2.31. The highest BCUT2D eigenvalue weighted by molar-refractivity contribution is 5.02. The molecule has 23 heavy (non-hydrogen) atoms. The summed E-state index contributed by atoms with van der Waals surface area (Å²) in [5.74, 6) is 3.85. The minimum absolute atomic E-state index is 0.0188. The van der Waals surface area contributed by atoms with Gasteiger partial charge in [-0.1, -0.05) is 25.9 Å². The fourth-order valence-electron chi connectivity index (χ4n) is 3.04. The fraction of sp³-hybridized carbons (Fsp3) is 0.750. The van der Waals surface area contributed by atoms with Crippen LogP contribution in [0.2, 0.25) is 0 Å². The summed E-state index contributed by atoms with van der Waals surface area (Å²) in [5, 5.41) is 11.3. The first-order valence-electron chi connectivity index (χ1n) is 8.33. The van der Waals surface area contributed by atoms with E-state index < -0.39 is 0 Å². The molecule has 0 radical (unpaired) electrons. The number of hydrogen-bond donors (Lipinski definition) is 1. The molecule has 1 N–H and O–H groups in total. The van der Waals surface area contributed by atoms with E-state index in [2.05, 4.69) is 51.0 Å². The molecule has 1 saturated heterocycles. The van der Waals surface area contributed by atoms with Gasteiger partial charge in [0.25, 0.3) is 0 Å². The lowest BCUT2D eigenvalue weighted by atomic mass is 9.94. The number of rotatable bonds is 4. The van der Waals surface area contributed by atoms with E-state index in [1.807, 2.05) is 6.92 Å².